The van der Waals surface area contributed by atoms with Crippen molar-refractivity contribution in [3.63, 3.8) is 0 Å². The lowest BCUT2D eigenvalue weighted by Gasteiger charge is -2.21. The molecule has 4 N–H and O–H groups in total. The van der Waals surface area contributed by atoms with Crippen molar-refractivity contribution in [2.75, 3.05) is 13.1 Å². The number of amides is 2. The molecule has 1 saturated heterocycles. The van der Waals surface area contributed by atoms with E-state index in [9.17, 15) is 19.5 Å². The number of carbonyl (C=O) groups is 3. The number of ketones is 1. The Bertz CT molecular complexity index is 1200. The van der Waals surface area contributed by atoms with Crippen LogP contribution in [0.15, 0.2) is 67.0 Å². The highest BCUT2D eigenvalue weighted by atomic mass is 35.5. The Balaban J connectivity index is 1.44. The molecule has 33 heavy (non-hydrogen) atoms. The van der Waals surface area contributed by atoms with Crippen LogP contribution in [0.5, 0.6) is 5.75 Å². The van der Waals surface area contributed by atoms with Crippen molar-refractivity contribution >= 4 is 29.2 Å². The summed E-state index contributed by atoms with van der Waals surface area (Å²) in [7, 11) is 0. The van der Waals surface area contributed by atoms with Gasteiger partial charge in [0.15, 0.2) is 5.78 Å². The van der Waals surface area contributed by atoms with Crippen molar-refractivity contribution in [3.05, 3.63) is 94.3 Å². The topological polar surface area (TPSA) is 120 Å². The summed E-state index contributed by atoms with van der Waals surface area (Å²) in [6.45, 7) is 1.00. The van der Waals surface area contributed by atoms with Gasteiger partial charge in [0.25, 0.3) is 11.8 Å². The largest absolute Gasteiger partial charge is 0.507 e. The number of aromatic nitrogens is 1. The average molecular weight is 465 g/mol. The third-order valence-corrected chi connectivity index (χ3v) is 5.73. The highest BCUT2D eigenvalue weighted by Crippen LogP contribution is 2.25. The van der Waals surface area contributed by atoms with Crippen LogP contribution in [-0.4, -0.2) is 52.9 Å². The van der Waals surface area contributed by atoms with Crippen molar-refractivity contribution < 1.29 is 19.5 Å². The fourth-order valence-corrected chi connectivity index (χ4v) is 3.91. The fourth-order valence-electron chi connectivity index (χ4n) is 3.64. The average Bonchev–Trinajstić information content (AvgIpc) is 3.25. The standard InChI is InChI=1S/C24H21ClN4O4/c25-18-11-15(5-6-16(18)22(31)17-3-1-2-4-21(17)30)24(33)29-20-13-27-12-19(20)28-23(32)14-7-9-26-10-8-14/h1-11,19-20,27,30H,12-13H2,(H,28,32)(H,29,33)/t19-,20-/m1/s1. The maximum absolute atomic E-state index is 12.8. The molecule has 1 aliphatic rings. The number of benzene rings is 2. The number of hydrogen-bond donors (Lipinski definition) is 4. The molecular formula is C24H21ClN4O4. The molecule has 8 nitrogen and oxygen atoms in total. The molecule has 0 saturated carbocycles. The van der Waals surface area contributed by atoms with Gasteiger partial charge in [-0.3, -0.25) is 19.4 Å². The summed E-state index contributed by atoms with van der Waals surface area (Å²) < 4.78 is 0. The lowest BCUT2D eigenvalue weighted by molar-refractivity contribution is 0.0896. The highest BCUT2D eigenvalue weighted by molar-refractivity contribution is 6.35. The van der Waals surface area contributed by atoms with Crippen molar-refractivity contribution in [1.29, 1.82) is 0 Å². The van der Waals surface area contributed by atoms with E-state index in [4.69, 9.17) is 11.6 Å². The number of aromatic hydroxyl groups is 1. The van der Waals surface area contributed by atoms with E-state index >= 15 is 0 Å². The molecule has 0 unspecified atom stereocenters. The molecule has 3 aromatic rings. The van der Waals surface area contributed by atoms with Gasteiger partial charge in [-0.25, -0.2) is 0 Å². The molecular weight excluding hydrogens is 444 g/mol. The monoisotopic (exact) mass is 464 g/mol. The van der Waals surface area contributed by atoms with E-state index in [1.165, 1.54) is 30.3 Å². The molecule has 4 rings (SSSR count). The maximum atomic E-state index is 12.8. The molecule has 0 bridgehead atoms. The molecule has 2 aromatic carbocycles. The lowest BCUT2D eigenvalue weighted by atomic mass is 10.0. The first-order valence-corrected chi connectivity index (χ1v) is 10.7. The summed E-state index contributed by atoms with van der Waals surface area (Å²) in [4.78, 5) is 41.9. The number of hydrogen-bond acceptors (Lipinski definition) is 6. The van der Waals surface area contributed by atoms with Crippen LogP contribution in [-0.2, 0) is 0 Å². The van der Waals surface area contributed by atoms with E-state index in [0.717, 1.165) is 0 Å². The molecule has 0 aliphatic carbocycles. The minimum absolute atomic E-state index is 0.1000. The van der Waals surface area contributed by atoms with Gasteiger partial charge in [0.1, 0.15) is 5.75 Å². The molecule has 2 heterocycles. The summed E-state index contributed by atoms with van der Waals surface area (Å²) in [5, 5.41) is 19.0. The summed E-state index contributed by atoms with van der Waals surface area (Å²) in [5.74, 6) is -1.21. The number of phenolic OH excluding ortho intramolecular Hbond substituents is 1. The second-order valence-electron chi connectivity index (χ2n) is 7.59. The Labute approximate surface area is 195 Å². The Hall–Kier alpha value is -3.75. The highest BCUT2D eigenvalue weighted by Gasteiger charge is 2.30. The molecule has 0 spiro atoms. The number of phenols is 1. The zero-order valence-electron chi connectivity index (χ0n) is 17.4. The molecule has 1 aliphatic heterocycles. The van der Waals surface area contributed by atoms with E-state index in [2.05, 4.69) is 20.9 Å². The minimum Gasteiger partial charge on any atom is -0.507 e. The number of nitrogens with zero attached hydrogens (tertiary/aromatic N) is 1. The van der Waals surface area contributed by atoms with Crippen molar-refractivity contribution in [3.8, 4) is 5.75 Å². The smallest absolute Gasteiger partial charge is 0.251 e. The summed E-state index contributed by atoms with van der Waals surface area (Å²) in [6, 6.07) is 13.2. The Morgan fingerprint density at radius 3 is 2.15 bits per heavy atom. The van der Waals surface area contributed by atoms with Gasteiger partial charge in [-0.1, -0.05) is 23.7 Å². The van der Waals surface area contributed by atoms with E-state index < -0.39 is 5.78 Å². The van der Waals surface area contributed by atoms with Gasteiger partial charge < -0.3 is 21.1 Å². The number of nitrogens with one attached hydrogen (secondary N) is 3. The molecule has 1 aromatic heterocycles. The Kier molecular flexibility index (Phi) is 6.67. The first-order chi connectivity index (χ1) is 15.9. The maximum Gasteiger partial charge on any atom is 0.251 e. The number of carbonyl (C=O) groups excluding carboxylic acids is 3. The van der Waals surface area contributed by atoms with Crippen LogP contribution in [0.25, 0.3) is 0 Å². The lowest BCUT2D eigenvalue weighted by Crippen LogP contribution is -2.51. The van der Waals surface area contributed by atoms with Gasteiger partial charge in [0, 0.05) is 42.2 Å². The molecule has 1 fully saturated rings. The Morgan fingerprint density at radius 1 is 0.879 bits per heavy atom. The number of halogens is 1. The summed E-state index contributed by atoms with van der Waals surface area (Å²) >= 11 is 6.30. The normalized spacial score (nSPS) is 17.4. The van der Waals surface area contributed by atoms with Gasteiger partial charge in [-0.05, 0) is 42.5 Å². The van der Waals surface area contributed by atoms with Crippen LogP contribution in [0.3, 0.4) is 0 Å². The van der Waals surface area contributed by atoms with E-state index in [0.29, 0.717) is 18.7 Å². The second kappa shape index (κ2) is 9.81. The minimum atomic E-state index is -0.441. The van der Waals surface area contributed by atoms with Gasteiger partial charge >= 0.3 is 0 Å². The van der Waals surface area contributed by atoms with Gasteiger partial charge in [-0.15, -0.1) is 0 Å². The van der Waals surface area contributed by atoms with Gasteiger partial charge in [-0.2, -0.15) is 0 Å². The number of rotatable bonds is 6. The van der Waals surface area contributed by atoms with Crippen LogP contribution < -0.4 is 16.0 Å². The number of pyridine rings is 1. The van der Waals surface area contributed by atoms with Crippen molar-refractivity contribution in [2.24, 2.45) is 0 Å². The molecule has 2 amide bonds. The summed E-state index contributed by atoms with van der Waals surface area (Å²) in [6.07, 6.45) is 3.08. The first kappa shape index (κ1) is 22.4. The van der Waals surface area contributed by atoms with E-state index in [1.807, 2.05) is 0 Å². The predicted molar refractivity (Wildman–Crippen MR) is 123 cm³/mol. The molecule has 2 atom stereocenters. The molecule has 9 heteroatoms. The van der Waals surface area contributed by atoms with E-state index in [1.54, 1.807) is 36.7 Å². The van der Waals surface area contributed by atoms with Crippen molar-refractivity contribution in [2.45, 2.75) is 12.1 Å². The van der Waals surface area contributed by atoms with E-state index in [-0.39, 0.29) is 51.4 Å². The third kappa shape index (κ3) is 5.02. The predicted octanol–water partition coefficient (Wildman–Crippen LogP) is 2.17. The molecule has 0 radical (unpaired) electrons. The van der Waals surface area contributed by atoms with Gasteiger partial charge in [0.05, 0.1) is 22.7 Å². The zero-order valence-corrected chi connectivity index (χ0v) is 18.2. The fraction of sp³-hybridized carbons (Fsp3) is 0.167. The quantitative estimate of drug-likeness (QED) is 0.415. The second-order valence-corrected chi connectivity index (χ2v) is 8.00. The summed E-state index contributed by atoms with van der Waals surface area (Å²) in [5.41, 5.74) is 1.07. The molecule has 168 valence electrons. The van der Waals surface area contributed by atoms with Crippen LogP contribution in [0.2, 0.25) is 5.02 Å². The number of para-hydroxylation sites is 1. The SMILES string of the molecule is O=C(N[C@@H]1CNC[C@H]1NC(=O)c1ccc(C(=O)c2ccccc2O)c(Cl)c1)c1ccncc1. The Morgan fingerprint density at radius 2 is 1.52 bits per heavy atom. The zero-order chi connectivity index (χ0) is 23.4. The third-order valence-electron chi connectivity index (χ3n) is 5.41. The van der Waals surface area contributed by atoms with Crippen LogP contribution in [0.1, 0.15) is 36.6 Å². The van der Waals surface area contributed by atoms with Crippen LogP contribution in [0.4, 0.5) is 0 Å². The van der Waals surface area contributed by atoms with Crippen LogP contribution in [0, 0.1) is 0 Å². The van der Waals surface area contributed by atoms with Crippen molar-refractivity contribution in [1.82, 2.24) is 20.9 Å². The first-order valence-electron chi connectivity index (χ1n) is 10.3. The van der Waals surface area contributed by atoms with Gasteiger partial charge in [0.2, 0.25) is 0 Å². The van der Waals surface area contributed by atoms with Crippen LogP contribution >= 0.6 is 11.6 Å².